The quantitative estimate of drug-likeness (QED) is 0.700. The second kappa shape index (κ2) is 5.35. The zero-order valence-electron chi connectivity index (χ0n) is 9.22. The SMILES string of the molecule is CS(=O)(=O)CCC(CBr)C1CCS(=O)(=O)C1. The predicted octanol–water partition coefficient (Wildman–Crippen LogP) is 0.867. The molecular formula is C9H17BrO4S2. The second-order valence-electron chi connectivity index (χ2n) is 4.50. The van der Waals surface area contributed by atoms with Crippen molar-refractivity contribution in [2.45, 2.75) is 12.8 Å². The van der Waals surface area contributed by atoms with Gasteiger partial charge in [-0.15, -0.1) is 0 Å². The van der Waals surface area contributed by atoms with Gasteiger partial charge >= 0.3 is 0 Å². The highest BCUT2D eigenvalue weighted by Crippen LogP contribution is 2.29. The second-order valence-corrected chi connectivity index (χ2v) is 9.63. The van der Waals surface area contributed by atoms with Gasteiger partial charge in [-0.1, -0.05) is 15.9 Å². The Bertz CT molecular complexity index is 426. The van der Waals surface area contributed by atoms with Crippen LogP contribution in [0, 0.1) is 11.8 Å². The first kappa shape index (κ1) is 14.4. The lowest BCUT2D eigenvalue weighted by atomic mass is 9.91. The van der Waals surface area contributed by atoms with Crippen LogP contribution in [0.1, 0.15) is 12.8 Å². The van der Waals surface area contributed by atoms with E-state index in [0.29, 0.717) is 18.2 Å². The van der Waals surface area contributed by atoms with Crippen LogP contribution in [0.2, 0.25) is 0 Å². The summed E-state index contributed by atoms with van der Waals surface area (Å²) in [7, 11) is -5.83. The normalized spacial score (nSPS) is 26.8. The summed E-state index contributed by atoms with van der Waals surface area (Å²) in [6.45, 7) is 0. The van der Waals surface area contributed by atoms with Crippen LogP contribution in [0.25, 0.3) is 0 Å². The van der Waals surface area contributed by atoms with Crippen LogP contribution in [-0.2, 0) is 19.7 Å². The highest BCUT2D eigenvalue weighted by atomic mass is 79.9. The van der Waals surface area contributed by atoms with Crippen LogP contribution in [0.4, 0.5) is 0 Å². The van der Waals surface area contributed by atoms with Gasteiger partial charge in [0, 0.05) is 11.6 Å². The summed E-state index contributed by atoms with van der Waals surface area (Å²) in [5.74, 6) is 0.866. The minimum atomic E-state index is -2.96. The monoisotopic (exact) mass is 332 g/mol. The molecule has 7 heteroatoms. The molecule has 96 valence electrons. The molecule has 2 unspecified atom stereocenters. The Labute approximate surface area is 106 Å². The van der Waals surface area contributed by atoms with E-state index in [1.165, 1.54) is 6.26 Å². The molecule has 1 aliphatic heterocycles. The largest absolute Gasteiger partial charge is 0.229 e. The minimum absolute atomic E-state index is 0.117. The first-order valence-electron chi connectivity index (χ1n) is 5.17. The van der Waals surface area contributed by atoms with E-state index < -0.39 is 19.7 Å². The zero-order chi connectivity index (χ0) is 12.4. The summed E-state index contributed by atoms with van der Waals surface area (Å²) >= 11 is 3.34. The molecule has 0 radical (unpaired) electrons. The third-order valence-electron chi connectivity index (χ3n) is 2.99. The molecule has 1 heterocycles. The number of hydrogen-bond donors (Lipinski definition) is 0. The van der Waals surface area contributed by atoms with Gasteiger partial charge in [0.05, 0.1) is 17.3 Å². The molecule has 1 fully saturated rings. The lowest BCUT2D eigenvalue weighted by Gasteiger charge is -2.19. The summed E-state index contributed by atoms with van der Waals surface area (Å²) in [4.78, 5) is 0. The molecule has 0 aliphatic carbocycles. The fourth-order valence-electron chi connectivity index (χ4n) is 2.00. The van der Waals surface area contributed by atoms with Gasteiger partial charge in [-0.2, -0.15) is 0 Å². The van der Waals surface area contributed by atoms with Crippen LogP contribution in [0.5, 0.6) is 0 Å². The van der Waals surface area contributed by atoms with Crippen LogP contribution < -0.4 is 0 Å². The molecule has 4 nitrogen and oxygen atoms in total. The van der Waals surface area contributed by atoms with Gasteiger partial charge < -0.3 is 0 Å². The fraction of sp³-hybridized carbons (Fsp3) is 1.00. The van der Waals surface area contributed by atoms with E-state index in [2.05, 4.69) is 15.9 Å². The van der Waals surface area contributed by atoms with Crippen LogP contribution >= 0.6 is 15.9 Å². The molecular weight excluding hydrogens is 316 g/mol. The Morgan fingerprint density at radius 3 is 2.44 bits per heavy atom. The molecule has 0 bridgehead atoms. The van der Waals surface area contributed by atoms with Crippen molar-refractivity contribution >= 4 is 35.6 Å². The highest BCUT2D eigenvalue weighted by molar-refractivity contribution is 9.09. The minimum Gasteiger partial charge on any atom is -0.229 e. The first-order valence-corrected chi connectivity index (χ1v) is 10.2. The smallest absolute Gasteiger partial charge is 0.150 e. The van der Waals surface area contributed by atoms with Crippen LogP contribution in [0.15, 0.2) is 0 Å². The summed E-state index contributed by atoms with van der Waals surface area (Å²) in [6, 6.07) is 0. The third-order valence-corrected chi connectivity index (χ3v) is 6.59. The lowest BCUT2D eigenvalue weighted by molar-refractivity contribution is 0.393. The molecule has 0 aromatic carbocycles. The van der Waals surface area contributed by atoms with Crippen LogP contribution in [-0.4, -0.2) is 45.7 Å². The van der Waals surface area contributed by atoms with Gasteiger partial charge in [0.2, 0.25) is 0 Å². The Morgan fingerprint density at radius 2 is 2.06 bits per heavy atom. The number of hydrogen-bond acceptors (Lipinski definition) is 4. The summed E-state index contributed by atoms with van der Waals surface area (Å²) in [5.41, 5.74) is 0. The Hall–Kier alpha value is 0.380. The summed E-state index contributed by atoms with van der Waals surface area (Å²) < 4.78 is 44.8. The fourth-order valence-corrected chi connectivity index (χ4v) is 5.50. The van der Waals surface area contributed by atoms with E-state index >= 15 is 0 Å². The van der Waals surface area contributed by atoms with Gasteiger partial charge in [-0.25, -0.2) is 16.8 Å². The Kier molecular flexibility index (Phi) is 4.83. The number of alkyl halides is 1. The Morgan fingerprint density at radius 1 is 1.44 bits per heavy atom. The topological polar surface area (TPSA) is 68.3 Å². The van der Waals surface area contributed by atoms with E-state index in [9.17, 15) is 16.8 Å². The van der Waals surface area contributed by atoms with E-state index in [4.69, 9.17) is 0 Å². The average molecular weight is 333 g/mol. The molecule has 1 rings (SSSR count). The molecule has 0 aromatic heterocycles. The van der Waals surface area contributed by atoms with Crippen molar-refractivity contribution in [3.05, 3.63) is 0 Å². The van der Waals surface area contributed by atoms with E-state index in [1.54, 1.807) is 0 Å². The zero-order valence-corrected chi connectivity index (χ0v) is 12.4. The highest BCUT2D eigenvalue weighted by Gasteiger charge is 2.33. The summed E-state index contributed by atoms with van der Waals surface area (Å²) in [6.07, 6.45) is 2.43. The number of rotatable bonds is 5. The van der Waals surface area contributed by atoms with E-state index in [-0.39, 0.29) is 29.1 Å². The third kappa shape index (κ3) is 4.71. The van der Waals surface area contributed by atoms with Crippen molar-refractivity contribution in [2.75, 3.05) is 28.8 Å². The van der Waals surface area contributed by atoms with E-state index in [0.717, 1.165) is 0 Å². The van der Waals surface area contributed by atoms with Crippen molar-refractivity contribution in [1.29, 1.82) is 0 Å². The molecule has 2 atom stereocenters. The van der Waals surface area contributed by atoms with Crippen molar-refractivity contribution in [1.82, 2.24) is 0 Å². The number of halogens is 1. The Balaban J connectivity index is 2.56. The molecule has 1 aliphatic rings. The van der Waals surface area contributed by atoms with Gasteiger partial charge in [0.1, 0.15) is 9.84 Å². The molecule has 0 spiro atoms. The number of sulfone groups is 2. The van der Waals surface area contributed by atoms with Gasteiger partial charge in [-0.3, -0.25) is 0 Å². The molecule has 1 saturated heterocycles. The maximum atomic E-state index is 11.3. The van der Waals surface area contributed by atoms with Crippen molar-refractivity contribution in [3.8, 4) is 0 Å². The molecule has 0 aromatic rings. The standard InChI is InChI=1S/C9H17BrO4S2/c1-15(11,12)4-2-8(6-10)9-3-5-16(13,14)7-9/h8-9H,2-7H2,1H3. The average Bonchev–Trinajstić information content (AvgIpc) is 2.45. The predicted molar refractivity (Wildman–Crippen MR) is 68.4 cm³/mol. The van der Waals surface area contributed by atoms with Gasteiger partial charge in [0.15, 0.2) is 9.84 Å². The van der Waals surface area contributed by atoms with Crippen molar-refractivity contribution in [3.63, 3.8) is 0 Å². The maximum absolute atomic E-state index is 11.3. The molecule has 16 heavy (non-hydrogen) atoms. The van der Waals surface area contributed by atoms with Gasteiger partial charge in [0.25, 0.3) is 0 Å². The molecule has 0 amide bonds. The van der Waals surface area contributed by atoms with Crippen LogP contribution in [0.3, 0.4) is 0 Å². The van der Waals surface area contributed by atoms with Gasteiger partial charge in [-0.05, 0) is 24.7 Å². The van der Waals surface area contributed by atoms with Crippen molar-refractivity contribution in [2.24, 2.45) is 11.8 Å². The lowest BCUT2D eigenvalue weighted by Crippen LogP contribution is -2.21. The molecule has 0 N–H and O–H groups in total. The maximum Gasteiger partial charge on any atom is 0.150 e. The van der Waals surface area contributed by atoms with E-state index in [1.807, 2.05) is 0 Å². The van der Waals surface area contributed by atoms with Crippen molar-refractivity contribution < 1.29 is 16.8 Å². The molecule has 0 saturated carbocycles. The summed E-state index contributed by atoms with van der Waals surface area (Å²) in [5, 5.41) is 0.669. The first-order chi connectivity index (χ1) is 7.23.